The van der Waals surface area contributed by atoms with Gasteiger partial charge in [0.05, 0.1) is 6.20 Å². The van der Waals surface area contributed by atoms with Crippen molar-refractivity contribution in [2.45, 2.75) is 39.7 Å². The number of nitrogens with zero attached hydrogens (tertiary/aromatic N) is 2. The quantitative estimate of drug-likeness (QED) is 0.781. The fourth-order valence-corrected chi connectivity index (χ4v) is 1.81. The molecule has 3 heteroatoms. The van der Waals surface area contributed by atoms with Crippen molar-refractivity contribution in [1.29, 1.82) is 0 Å². The molecule has 1 rings (SSSR count). The zero-order valence-corrected chi connectivity index (χ0v) is 9.40. The minimum atomic E-state index is 0.556. The smallest absolute Gasteiger partial charge is 0.0524 e. The Morgan fingerprint density at radius 3 is 2.64 bits per heavy atom. The lowest BCUT2D eigenvalue weighted by molar-refractivity contribution is 0.472. The fourth-order valence-electron chi connectivity index (χ4n) is 1.81. The van der Waals surface area contributed by atoms with Crippen LogP contribution in [-0.2, 0) is 6.54 Å². The van der Waals surface area contributed by atoms with E-state index in [1.165, 1.54) is 5.56 Å². The third-order valence-corrected chi connectivity index (χ3v) is 2.69. The Morgan fingerprint density at radius 2 is 2.21 bits per heavy atom. The van der Waals surface area contributed by atoms with Crippen molar-refractivity contribution in [2.24, 2.45) is 11.7 Å². The van der Waals surface area contributed by atoms with E-state index >= 15 is 0 Å². The number of nitrogens with two attached hydrogens (primary N) is 1. The van der Waals surface area contributed by atoms with Crippen LogP contribution < -0.4 is 5.73 Å². The Bertz CT molecular complexity index is 265. The van der Waals surface area contributed by atoms with Gasteiger partial charge < -0.3 is 5.73 Å². The predicted molar refractivity (Wildman–Crippen MR) is 59.2 cm³/mol. The molecule has 0 radical (unpaired) electrons. The molecule has 3 nitrogen and oxygen atoms in total. The van der Waals surface area contributed by atoms with Crippen molar-refractivity contribution in [3.05, 3.63) is 18.0 Å². The van der Waals surface area contributed by atoms with E-state index in [-0.39, 0.29) is 0 Å². The first-order valence-electron chi connectivity index (χ1n) is 5.41. The Hall–Kier alpha value is -0.830. The van der Waals surface area contributed by atoms with Gasteiger partial charge in [-0.1, -0.05) is 13.8 Å². The minimum absolute atomic E-state index is 0.556. The molecule has 0 aromatic carbocycles. The molecule has 0 aliphatic carbocycles. The van der Waals surface area contributed by atoms with Crippen molar-refractivity contribution < 1.29 is 0 Å². The second-order valence-corrected chi connectivity index (χ2v) is 4.06. The zero-order valence-electron chi connectivity index (χ0n) is 9.40. The summed E-state index contributed by atoms with van der Waals surface area (Å²) >= 11 is 0. The lowest BCUT2D eigenvalue weighted by atomic mass is 9.88. The van der Waals surface area contributed by atoms with Gasteiger partial charge in [0.1, 0.15) is 0 Å². The summed E-state index contributed by atoms with van der Waals surface area (Å²) in [5, 5.41) is 4.30. The van der Waals surface area contributed by atoms with Crippen LogP contribution in [0.3, 0.4) is 0 Å². The van der Waals surface area contributed by atoms with Gasteiger partial charge >= 0.3 is 0 Å². The summed E-state index contributed by atoms with van der Waals surface area (Å²) < 4.78 is 1.97. The van der Waals surface area contributed by atoms with Crippen molar-refractivity contribution in [3.8, 4) is 0 Å². The molecule has 1 atom stereocenters. The average Bonchev–Trinajstić information content (AvgIpc) is 2.61. The second kappa shape index (κ2) is 5.15. The molecule has 1 aromatic heterocycles. The SMILES string of the molecule is CCn1cc(C(CCN)C(C)C)cn1. The second-order valence-electron chi connectivity index (χ2n) is 4.06. The van der Waals surface area contributed by atoms with Crippen LogP contribution in [0.4, 0.5) is 0 Å². The van der Waals surface area contributed by atoms with Crippen LogP contribution in [0.25, 0.3) is 0 Å². The van der Waals surface area contributed by atoms with Gasteiger partial charge in [0.25, 0.3) is 0 Å². The lowest BCUT2D eigenvalue weighted by Crippen LogP contribution is -2.12. The van der Waals surface area contributed by atoms with E-state index in [2.05, 4.69) is 32.1 Å². The molecule has 0 bridgehead atoms. The van der Waals surface area contributed by atoms with Crippen molar-refractivity contribution >= 4 is 0 Å². The summed E-state index contributed by atoms with van der Waals surface area (Å²) in [5.74, 6) is 1.19. The first-order chi connectivity index (χ1) is 6.69. The number of hydrogen-bond acceptors (Lipinski definition) is 2. The molecular weight excluding hydrogens is 174 g/mol. The third-order valence-electron chi connectivity index (χ3n) is 2.69. The first kappa shape index (κ1) is 11.2. The van der Waals surface area contributed by atoms with Crippen LogP contribution in [0.1, 0.15) is 38.7 Å². The molecule has 0 amide bonds. The van der Waals surface area contributed by atoms with E-state index < -0.39 is 0 Å². The number of rotatable bonds is 5. The van der Waals surface area contributed by atoms with Crippen LogP contribution >= 0.6 is 0 Å². The molecule has 2 N–H and O–H groups in total. The monoisotopic (exact) mass is 195 g/mol. The standard InChI is InChI=1S/C11H21N3/c1-4-14-8-10(7-13-14)11(5-6-12)9(2)3/h7-9,11H,4-6,12H2,1-3H3. The first-order valence-corrected chi connectivity index (χ1v) is 5.41. The third kappa shape index (κ3) is 2.58. The van der Waals surface area contributed by atoms with Gasteiger partial charge in [-0.25, -0.2) is 0 Å². The molecule has 0 saturated heterocycles. The molecule has 1 unspecified atom stereocenters. The highest BCUT2D eigenvalue weighted by Crippen LogP contribution is 2.26. The Morgan fingerprint density at radius 1 is 1.50 bits per heavy atom. The van der Waals surface area contributed by atoms with Gasteiger partial charge in [-0.2, -0.15) is 5.10 Å². The number of hydrogen-bond donors (Lipinski definition) is 1. The van der Waals surface area contributed by atoms with Crippen LogP contribution in [0.2, 0.25) is 0 Å². The fraction of sp³-hybridized carbons (Fsp3) is 0.727. The number of aromatic nitrogens is 2. The highest BCUT2D eigenvalue weighted by atomic mass is 15.3. The van der Waals surface area contributed by atoms with E-state index in [9.17, 15) is 0 Å². The van der Waals surface area contributed by atoms with Crippen molar-refractivity contribution in [3.63, 3.8) is 0 Å². The molecular formula is C11H21N3. The molecule has 14 heavy (non-hydrogen) atoms. The molecule has 0 saturated carbocycles. The predicted octanol–water partition coefficient (Wildman–Crippen LogP) is 1.99. The Kier molecular flexibility index (Phi) is 4.14. The molecule has 0 aliphatic rings. The van der Waals surface area contributed by atoms with Crippen LogP contribution in [0.5, 0.6) is 0 Å². The van der Waals surface area contributed by atoms with Gasteiger partial charge in [-0.15, -0.1) is 0 Å². The van der Waals surface area contributed by atoms with Crippen LogP contribution in [0.15, 0.2) is 12.4 Å². The van der Waals surface area contributed by atoms with Gasteiger partial charge in [-0.3, -0.25) is 4.68 Å². The molecule has 1 aromatic rings. The summed E-state index contributed by atoms with van der Waals surface area (Å²) in [6.07, 6.45) is 5.16. The molecule has 80 valence electrons. The van der Waals surface area contributed by atoms with Crippen LogP contribution in [0, 0.1) is 5.92 Å². The topological polar surface area (TPSA) is 43.8 Å². The average molecular weight is 195 g/mol. The summed E-state index contributed by atoms with van der Waals surface area (Å²) in [6.45, 7) is 8.27. The molecule has 1 heterocycles. The van der Waals surface area contributed by atoms with Crippen molar-refractivity contribution in [1.82, 2.24) is 9.78 Å². The highest BCUT2D eigenvalue weighted by molar-refractivity contribution is 5.12. The van der Waals surface area contributed by atoms with Gasteiger partial charge in [-0.05, 0) is 37.3 Å². The lowest BCUT2D eigenvalue weighted by Gasteiger charge is -2.18. The van der Waals surface area contributed by atoms with Gasteiger partial charge in [0.2, 0.25) is 0 Å². The molecule has 0 spiro atoms. The normalized spacial score (nSPS) is 13.5. The van der Waals surface area contributed by atoms with Gasteiger partial charge in [0.15, 0.2) is 0 Å². The van der Waals surface area contributed by atoms with Crippen molar-refractivity contribution in [2.75, 3.05) is 6.54 Å². The van der Waals surface area contributed by atoms with Crippen LogP contribution in [-0.4, -0.2) is 16.3 Å². The maximum absolute atomic E-state index is 5.62. The number of aryl methyl sites for hydroxylation is 1. The Balaban J connectivity index is 2.76. The van der Waals surface area contributed by atoms with E-state index in [4.69, 9.17) is 5.73 Å². The largest absolute Gasteiger partial charge is 0.330 e. The summed E-state index contributed by atoms with van der Waals surface area (Å²) in [5.41, 5.74) is 6.94. The molecule has 0 fully saturated rings. The summed E-state index contributed by atoms with van der Waals surface area (Å²) in [7, 11) is 0. The maximum atomic E-state index is 5.62. The zero-order chi connectivity index (χ0) is 10.6. The maximum Gasteiger partial charge on any atom is 0.0524 e. The van der Waals surface area contributed by atoms with E-state index in [1.54, 1.807) is 0 Å². The summed E-state index contributed by atoms with van der Waals surface area (Å²) in [6, 6.07) is 0. The highest BCUT2D eigenvalue weighted by Gasteiger charge is 2.16. The van der Waals surface area contributed by atoms with E-state index in [1.807, 2.05) is 10.9 Å². The summed E-state index contributed by atoms with van der Waals surface area (Å²) in [4.78, 5) is 0. The Labute approximate surface area is 86.3 Å². The molecule has 0 aliphatic heterocycles. The van der Waals surface area contributed by atoms with E-state index in [0.29, 0.717) is 11.8 Å². The minimum Gasteiger partial charge on any atom is -0.330 e. The van der Waals surface area contributed by atoms with Gasteiger partial charge in [0, 0.05) is 12.7 Å². The van der Waals surface area contributed by atoms with E-state index in [0.717, 1.165) is 19.5 Å².